The summed E-state index contributed by atoms with van der Waals surface area (Å²) < 4.78 is 2.48. The van der Waals surface area contributed by atoms with Crippen molar-refractivity contribution in [3.8, 4) is 16.8 Å². The van der Waals surface area contributed by atoms with Crippen molar-refractivity contribution >= 4 is 24.0 Å². The molecule has 3 heterocycles. The van der Waals surface area contributed by atoms with Gasteiger partial charge in [0.15, 0.2) is 0 Å². The fraction of sp³-hybridized carbons (Fsp3) is 0.270. The Kier molecular flexibility index (Phi) is 11.3. The molecule has 0 amide bonds. The quantitative estimate of drug-likeness (QED) is 0.192. The number of halogens is 2. The third-order valence-electron chi connectivity index (χ3n) is 8.95. The monoisotopic (exact) mass is 686 g/mol. The molecule has 0 saturated carbocycles. The molecule has 1 aliphatic carbocycles. The zero-order valence-corrected chi connectivity index (χ0v) is 30.5. The minimum Gasteiger partial charge on any atom is -1.00 e. The van der Waals surface area contributed by atoms with Crippen molar-refractivity contribution in [3.05, 3.63) is 125 Å². The zero-order chi connectivity index (χ0) is 27.3. The molecule has 1 unspecified atom stereocenters. The summed E-state index contributed by atoms with van der Waals surface area (Å²) >= 11 is 0. The summed E-state index contributed by atoms with van der Waals surface area (Å²) in [4.78, 5) is 0. The number of unbranched alkanes of at least 4 members (excludes halogenated alkanes) is 1. The summed E-state index contributed by atoms with van der Waals surface area (Å²) in [5, 5.41) is 4.44. The SMILES string of the molecule is CC1=C2c3cc(C)n(-c4ccccc4)c3C1[Si]2(C)C.CCCCc1ccc(-c2cccc3[cH-]c(C)cc23)cc1.[Cl-].[Cl-].[Zr+3]. The molecule has 3 aliphatic rings. The minimum absolute atomic E-state index is 0. The Bertz CT molecular complexity index is 1690. The molecule has 5 heteroatoms. The Morgan fingerprint density at radius 2 is 1.50 bits per heavy atom. The molecular formula is C37H40Cl2NSiZr. The smallest absolute Gasteiger partial charge is 1.00 e. The molecule has 5 aromatic rings. The zero-order valence-electron chi connectivity index (χ0n) is 25.6. The third-order valence-corrected chi connectivity index (χ3v) is 13.1. The van der Waals surface area contributed by atoms with Gasteiger partial charge in [0.2, 0.25) is 0 Å². The molecule has 1 atom stereocenters. The van der Waals surface area contributed by atoms with E-state index in [2.05, 4.69) is 136 Å². The van der Waals surface area contributed by atoms with E-state index in [1.165, 1.54) is 63.7 Å². The Balaban J connectivity index is 0.000000215. The topological polar surface area (TPSA) is 4.93 Å². The molecule has 2 aliphatic heterocycles. The Morgan fingerprint density at radius 3 is 2.14 bits per heavy atom. The standard InChI is InChI=1S/C20H21.C17H19NSi.2ClH.Zr/c1-3-4-6-16-9-11-17(12-10-16)19-8-5-7-18-13-15(2)14-20(18)19;1-11-10-14-15(17-12(2)16(14)19(17,3)4)18(11)13-8-6-5-7-9-13;;;/h5,7-14H,3-4,6H2,1-2H3;5-10,17H,1-4H3;2*1H;/q-1;;;;+3/p-2. The number of hydrogen-bond donors (Lipinski definition) is 0. The van der Waals surface area contributed by atoms with Gasteiger partial charge >= 0.3 is 26.2 Å². The second-order valence-corrected chi connectivity index (χ2v) is 16.6. The summed E-state index contributed by atoms with van der Waals surface area (Å²) in [5.74, 6) is 0. The average molecular weight is 689 g/mol. The summed E-state index contributed by atoms with van der Waals surface area (Å²) in [6.07, 6.45) is 3.72. The third kappa shape index (κ3) is 5.88. The molecule has 1 radical (unpaired) electrons. The van der Waals surface area contributed by atoms with Gasteiger partial charge in [-0.05, 0) is 61.6 Å². The first-order chi connectivity index (χ1) is 18.8. The van der Waals surface area contributed by atoms with Crippen molar-refractivity contribution in [2.24, 2.45) is 0 Å². The van der Waals surface area contributed by atoms with Gasteiger partial charge in [-0.15, -0.1) is 34.5 Å². The van der Waals surface area contributed by atoms with Crippen LogP contribution in [0.1, 0.15) is 60.3 Å². The van der Waals surface area contributed by atoms with Gasteiger partial charge in [0, 0.05) is 22.6 Å². The predicted molar refractivity (Wildman–Crippen MR) is 172 cm³/mol. The number of hydrogen-bond acceptors (Lipinski definition) is 0. The van der Waals surface area contributed by atoms with Crippen LogP contribution in [0, 0.1) is 13.8 Å². The fourth-order valence-electron chi connectivity index (χ4n) is 7.30. The molecule has 215 valence electrons. The van der Waals surface area contributed by atoms with E-state index in [4.69, 9.17) is 0 Å². The molecule has 1 aromatic heterocycles. The number of benzene rings is 3. The van der Waals surface area contributed by atoms with Crippen molar-refractivity contribution in [1.82, 2.24) is 4.57 Å². The van der Waals surface area contributed by atoms with E-state index in [9.17, 15) is 0 Å². The summed E-state index contributed by atoms with van der Waals surface area (Å²) in [5.41, 5.74) is 13.7. The largest absolute Gasteiger partial charge is 3.00 e. The van der Waals surface area contributed by atoms with Crippen molar-refractivity contribution in [3.63, 3.8) is 0 Å². The van der Waals surface area contributed by atoms with E-state index >= 15 is 0 Å². The maximum absolute atomic E-state index is 2.52. The first-order valence-electron chi connectivity index (χ1n) is 14.6. The van der Waals surface area contributed by atoms with Crippen LogP contribution in [0.2, 0.25) is 13.1 Å². The number of aryl methyl sites for hydroxylation is 3. The molecule has 0 N–H and O–H groups in total. The van der Waals surface area contributed by atoms with Crippen LogP contribution in [0.15, 0.2) is 96.6 Å². The second-order valence-electron chi connectivity index (χ2n) is 12.1. The number of fused-ring (bicyclic) bond motifs is 1. The maximum Gasteiger partial charge on any atom is 3.00 e. The number of para-hydroxylation sites is 1. The number of nitrogens with zero attached hydrogens (tertiary/aromatic N) is 1. The van der Waals surface area contributed by atoms with Crippen LogP contribution in [0.3, 0.4) is 0 Å². The van der Waals surface area contributed by atoms with E-state index in [0.717, 1.165) is 5.54 Å². The first kappa shape index (κ1) is 34.5. The van der Waals surface area contributed by atoms with Crippen LogP contribution < -0.4 is 24.8 Å². The fourth-order valence-corrected chi connectivity index (χ4v) is 11.6. The molecule has 0 spiro atoms. The predicted octanol–water partition coefficient (Wildman–Crippen LogP) is 4.34. The van der Waals surface area contributed by atoms with Gasteiger partial charge in [0.25, 0.3) is 0 Å². The molecule has 42 heavy (non-hydrogen) atoms. The van der Waals surface area contributed by atoms with Crippen molar-refractivity contribution in [1.29, 1.82) is 0 Å². The number of allylic oxidation sites excluding steroid dienone is 1. The summed E-state index contributed by atoms with van der Waals surface area (Å²) in [7, 11) is -1.19. The molecular weight excluding hydrogens is 649 g/mol. The van der Waals surface area contributed by atoms with Crippen molar-refractivity contribution in [2.75, 3.05) is 0 Å². The van der Waals surface area contributed by atoms with E-state index in [0.29, 0.717) is 0 Å². The van der Waals surface area contributed by atoms with Gasteiger partial charge in [-0.2, -0.15) is 6.07 Å². The Morgan fingerprint density at radius 1 is 0.810 bits per heavy atom. The normalized spacial score (nSPS) is 15.4. The van der Waals surface area contributed by atoms with Crippen molar-refractivity contribution in [2.45, 2.75) is 65.6 Å². The van der Waals surface area contributed by atoms with E-state index in [-0.39, 0.29) is 51.0 Å². The number of aromatic nitrogens is 1. The summed E-state index contributed by atoms with van der Waals surface area (Å²) in [6.45, 7) is 14.0. The van der Waals surface area contributed by atoms with Crippen LogP contribution in [0.5, 0.6) is 0 Å². The second kappa shape index (κ2) is 13.7. The molecule has 4 aromatic carbocycles. The number of rotatable bonds is 5. The van der Waals surface area contributed by atoms with Crippen LogP contribution in [-0.4, -0.2) is 12.6 Å². The molecule has 0 fully saturated rings. The van der Waals surface area contributed by atoms with Crippen LogP contribution >= 0.6 is 0 Å². The van der Waals surface area contributed by atoms with E-state index < -0.39 is 8.07 Å². The molecule has 0 saturated heterocycles. The minimum atomic E-state index is -1.19. The van der Waals surface area contributed by atoms with E-state index in [1.807, 2.05) is 0 Å². The Labute approximate surface area is 284 Å². The van der Waals surface area contributed by atoms with Gasteiger partial charge < -0.3 is 29.4 Å². The van der Waals surface area contributed by atoms with Crippen molar-refractivity contribution < 1.29 is 51.0 Å². The van der Waals surface area contributed by atoms with Gasteiger partial charge in [-0.25, -0.2) is 0 Å². The van der Waals surface area contributed by atoms with Gasteiger partial charge in [0.1, 0.15) is 0 Å². The molecule has 8 rings (SSSR count). The van der Waals surface area contributed by atoms with Crippen LogP contribution in [0.4, 0.5) is 0 Å². The van der Waals surface area contributed by atoms with Crippen LogP contribution in [0.25, 0.3) is 32.8 Å². The Hall–Kier alpha value is -2.03. The van der Waals surface area contributed by atoms with Gasteiger partial charge in [-0.3, -0.25) is 0 Å². The molecule has 2 bridgehead atoms. The summed E-state index contributed by atoms with van der Waals surface area (Å²) in [6, 6.07) is 33.4. The molecule has 1 nitrogen and oxygen atoms in total. The van der Waals surface area contributed by atoms with E-state index in [1.54, 1.807) is 22.0 Å². The van der Waals surface area contributed by atoms with Crippen LogP contribution in [-0.2, 0) is 32.6 Å². The van der Waals surface area contributed by atoms with Gasteiger partial charge in [-0.1, -0.05) is 98.2 Å². The first-order valence-corrected chi connectivity index (χ1v) is 17.6. The van der Waals surface area contributed by atoms with Gasteiger partial charge in [0.05, 0.1) is 8.07 Å². The maximum atomic E-state index is 2.52. The average Bonchev–Trinajstić information content (AvgIpc) is 3.61.